The van der Waals surface area contributed by atoms with Crippen molar-refractivity contribution in [3.8, 4) is 6.07 Å². The molecule has 48 valence electrons. The fourth-order valence-corrected chi connectivity index (χ4v) is 2.42. The van der Waals surface area contributed by atoms with Crippen LogP contribution in [-0.4, -0.2) is 0 Å². The van der Waals surface area contributed by atoms with Crippen LogP contribution in [-0.2, 0) is 0 Å². The van der Waals surface area contributed by atoms with Gasteiger partial charge >= 0.3 is 0 Å². The molecule has 0 bridgehead atoms. The van der Waals surface area contributed by atoms with E-state index >= 15 is 0 Å². The third-order valence-corrected chi connectivity index (χ3v) is 4.01. The van der Waals surface area contributed by atoms with E-state index in [9.17, 15) is 0 Å². The van der Waals surface area contributed by atoms with Gasteiger partial charge in [0.2, 0.25) is 0 Å². The summed E-state index contributed by atoms with van der Waals surface area (Å²) in [5.41, 5.74) is 0.823. The molecule has 0 saturated heterocycles. The van der Waals surface area contributed by atoms with Crippen molar-refractivity contribution in [2.24, 2.45) is 16.2 Å². The number of nitriles is 1. The Labute approximate surface area is 55.7 Å². The van der Waals surface area contributed by atoms with Crippen LogP contribution < -0.4 is 0 Å². The van der Waals surface area contributed by atoms with Crippen LogP contribution in [0.15, 0.2) is 0 Å². The highest BCUT2D eigenvalue weighted by atomic mass is 14.9. The Morgan fingerprint density at radius 1 is 1.33 bits per heavy atom. The zero-order valence-corrected chi connectivity index (χ0v) is 6.15. The van der Waals surface area contributed by atoms with Gasteiger partial charge in [-0.3, -0.25) is 0 Å². The van der Waals surface area contributed by atoms with Gasteiger partial charge in [0.15, 0.2) is 0 Å². The van der Waals surface area contributed by atoms with Crippen LogP contribution in [0, 0.1) is 27.6 Å². The first-order valence-electron chi connectivity index (χ1n) is 3.43. The second kappa shape index (κ2) is 0.831. The monoisotopic (exact) mass is 121 g/mol. The fourth-order valence-electron chi connectivity index (χ4n) is 2.42. The van der Waals surface area contributed by atoms with Crippen LogP contribution in [0.4, 0.5) is 0 Å². The van der Waals surface area contributed by atoms with E-state index in [1.807, 2.05) is 0 Å². The van der Waals surface area contributed by atoms with Crippen LogP contribution in [0.2, 0.25) is 0 Å². The molecule has 0 heterocycles. The van der Waals surface area contributed by atoms with Crippen molar-refractivity contribution in [2.45, 2.75) is 27.2 Å². The van der Waals surface area contributed by atoms with Gasteiger partial charge in [-0.25, -0.2) is 0 Å². The molecule has 0 radical (unpaired) electrons. The average Bonchev–Trinajstić information content (AvgIpc) is 2.51. The summed E-state index contributed by atoms with van der Waals surface area (Å²) in [4.78, 5) is 0. The lowest BCUT2D eigenvalue weighted by molar-refractivity contribution is 0.358. The van der Waals surface area contributed by atoms with E-state index in [1.54, 1.807) is 0 Å². The lowest BCUT2D eigenvalue weighted by Gasteiger charge is -2.13. The summed E-state index contributed by atoms with van der Waals surface area (Å²) in [5, 5.41) is 8.76. The SMILES string of the molecule is CC1(C)C2(C)CC12C#N. The van der Waals surface area contributed by atoms with Gasteiger partial charge in [-0.05, 0) is 17.3 Å². The van der Waals surface area contributed by atoms with Crippen LogP contribution in [0.1, 0.15) is 27.2 Å². The standard InChI is InChI=1S/C8H11N/c1-6(2)7(3)4-8(6,7)5-9/h4H2,1-3H3. The molecule has 9 heavy (non-hydrogen) atoms. The van der Waals surface area contributed by atoms with Crippen LogP contribution in [0.5, 0.6) is 0 Å². The molecule has 2 aliphatic carbocycles. The summed E-state index contributed by atoms with van der Waals surface area (Å²) in [6.07, 6.45) is 1.14. The van der Waals surface area contributed by atoms with Crippen molar-refractivity contribution in [3.05, 3.63) is 0 Å². The molecular weight excluding hydrogens is 110 g/mol. The molecule has 2 unspecified atom stereocenters. The topological polar surface area (TPSA) is 23.8 Å². The maximum atomic E-state index is 8.76. The quantitative estimate of drug-likeness (QED) is 0.480. The molecule has 0 aromatic carbocycles. The normalized spacial score (nSPS) is 57.6. The Balaban J connectivity index is 2.40. The van der Waals surface area contributed by atoms with E-state index < -0.39 is 0 Å². The first-order valence-corrected chi connectivity index (χ1v) is 3.43. The first kappa shape index (κ1) is 5.29. The van der Waals surface area contributed by atoms with Crippen LogP contribution >= 0.6 is 0 Å². The minimum atomic E-state index is 0.0972. The van der Waals surface area contributed by atoms with Gasteiger partial charge in [0.05, 0.1) is 11.5 Å². The highest BCUT2D eigenvalue weighted by molar-refractivity contribution is 5.47. The Bertz CT molecular complexity index is 212. The van der Waals surface area contributed by atoms with Gasteiger partial charge in [-0.2, -0.15) is 5.26 Å². The van der Waals surface area contributed by atoms with E-state index in [1.165, 1.54) is 0 Å². The van der Waals surface area contributed by atoms with E-state index in [4.69, 9.17) is 5.26 Å². The van der Waals surface area contributed by atoms with Crippen LogP contribution in [0.3, 0.4) is 0 Å². The minimum absolute atomic E-state index is 0.0972. The van der Waals surface area contributed by atoms with Crippen molar-refractivity contribution in [1.29, 1.82) is 5.26 Å². The molecule has 0 aromatic heterocycles. The molecule has 2 saturated carbocycles. The second-order valence-electron chi connectivity index (χ2n) is 4.15. The number of hydrogen-bond acceptors (Lipinski definition) is 1. The molecule has 2 aliphatic rings. The van der Waals surface area contributed by atoms with E-state index in [0.717, 1.165) is 6.42 Å². The van der Waals surface area contributed by atoms with Gasteiger partial charge in [0.1, 0.15) is 0 Å². The zero-order valence-electron chi connectivity index (χ0n) is 6.15. The number of fused-ring (bicyclic) bond motifs is 1. The lowest BCUT2D eigenvalue weighted by Crippen LogP contribution is -2.08. The predicted molar refractivity (Wildman–Crippen MR) is 34.6 cm³/mol. The average molecular weight is 121 g/mol. The summed E-state index contributed by atoms with van der Waals surface area (Å²) in [7, 11) is 0. The summed E-state index contributed by atoms with van der Waals surface area (Å²) in [6, 6.07) is 2.42. The van der Waals surface area contributed by atoms with Gasteiger partial charge in [-0.1, -0.05) is 20.8 Å². The molecule has 0 aromatic rings. The second-order valence-corrected chi connectivity index (χ2v) is 4.15. The Hall–Kier alpha value is -0.510. The summed E-state index contributed by atoms with van der Waals surface area (Å²) in [6.45, 7) is 6.61. The Morgan fingerprint density at radius 2 is 1.78 bits per heavy atom. The van der Waals surface area contributed by atoms with Crippen molar-refractivity contribution < 1.29 is 0 Å². The van der Waals surface area contributed by atoms with E-state index in [2.05, 4.69) is 26.8 Å². The largest absolute Gasteiger partial charge is 0.198 e. The molecule has 2 atom stereocenters. The summed E-state index contributed by atoms with van der Waals surface area (Å²) in [5.74, 6) is 0. The van der Waals surface area contributed by atoms with Crippen molar-refractivity contribution >= 4 is 0 Å². The molecule has 0 N–H and O–H groups in total. The van der Waals surface area contributed by atoms with Gasteiger partial charge in [0, 0.05) is 0 Å². The lowest BCUT2D eigenvalue weighted by atomic mass is 9.89. The Kier molecular flexibility index (Phi) is 0.488. The molecular formula is C8H11N. The molecule has 2 rings (SSSR count). The van der Waals surface area contributed by atoms with E-state index in [0.29, 0.717) is 10.8 Å². The first-order chi connectivity index (χ1) is 4.02. The minimum Gasteiger partial charge on any atom is -0.198 e. The zero-order chi connectivity index (χ0) is 6.91. The van der Waals surface area contributed by atoms with Crippen molar-refractivity contribution in [1.82, 2.24) is 0 Å². The number of hydrogen-bond donors (Lipinski definition) is 0. The summed E-state index contributed by atoms with van der Waals surface area (Å²) < 4.78 is 0. The maximum Gasteiger partial charge on any atom is 0.0701 e. The molecule has 0 spiro atoms. The highest BCUT2D eigenvalue weighted by Gasteiger charge is 2.94. The smallest absolute Gasteiger partial charge is 0.0701 e. The molecule has 0 aliphatic heterocycles. The Morgan fingerprint density at radius 3 is 1.78 bits per heavy atom. The molecule has 1 heteroatoms. The van der Waals surface area contributed by atoms with Gasteiger partial charge < -0.3 is 0 Å². The van der Waals surface area contributed by atoms with E-state index in [-0.39, 0.29) is 5.41 Å². The van der Waals surface area contributed by atoms with Crippen molar-refractivity contribution in [2.75, 3.05) is 0 Å². The third-order valence-electron chi connectivity index (χ3n) is 4.01. The summed E-state index contributed by atoms with van der Waals surface area (Å²) >= 11 is 0. The predicted octanol–water partition coefficient (Wildman–Crippen LogP) is 1.95. The molecule has 0 amide bonds. The van der Waals surface area contributed by atoms with Crippen molar-refractivity contribution in [3.63, 3.8) is 0 Å². The van der Waals surface area contributed by atoms with Gasteiger partial charge in [0.25, 0.3) is 0 Å². The maximum absolute atomic E-state index is 8.76. The number of rotatable bonds is 0. The number of nitrogens with zero attached hydrogens (tertiary/aromatic N) is 1. The van der Waals surface area contributed by atoms with Crippen LogP contribution in [0.25, 0.3) is 0 Å². The fraction of sp³-hybridized carbons (Fsp3) is 0.875. The molecule has 1 nitrogen and oxygen atoms in total. The van der Waals surface area contributed by atoms with Gasteiger partial charge in [-0.15, -0.1) is 0 Å². The third kappa shape index (κ3) is 0.228. The highest BCUT2D eigenvalue weighted by Crippen LogP contribution is 2.96. The molecule has 2 fully saturated rings.